The second-order valence-corrected chi connectivity index (χ2v) is 16.8. The molecular weight excluding hydrogens is 699 g/mol. The number of hydrogen-bond donors (Lipinski definition) is 1. The highest BCUT2D eigenvalue weighted by Gasteiger charge is 2.36. The Bertz CT molecular complexity index is 3010. The molecule has 3 nitrogen and oxygen atoms in total. The molecule has 56 heavy (non-hydrogen) atoms. The number of aromatic nitrogens is 1. The van der Waals surface area contributed by atoms with E-state index in [1.54, 1.807) is 11.3 Å². The van der Waals surface area contributed by atoms with Crippen LogP contribution in [-0.4, -0.2) is 10.8 Å². The summed E-state index contributed by atoms with van der Waals surface area (Å²) >= 11 is 1.78. The molecular formula is C52H39N3S. The van der Waals surface area contributed by atoms with Crippen molar-refractivity contribution < 1.29 is 0 Å². The van der Waals surface area contributed by atoms with E-state index in [4.69, 9.17) is 9.98 Å². The number of hydrogen-bond acceptors (Lipinski definition) is 4. The van der Waals surface area contributed by atoms with Crippen LogP contribution in [-0.2, 0) is 5.41 Å². The quantitative estimate of drug-likeness (QED) is 0.191. The van der Waals surface area contributed by atoms with Gasteiger partial charge in [0.1, 0.15) is 10.7 Å². The Balaban J connectivity index is 0.991. The third kappa shape index (κ3) is 5.31. The number of pyridine rings is 1. The van der Waals surface area contributed by atoms with Gasteiger partial charge in [0.15, 0.2) is 0 Å². The Morgan fingerprint density at radius 2 is 1.23 bits per heavy atom. The smallest absolute Gasteiger partial charge is 0.129 e. The number of nitrogens with zero attached hydrogens (tertiary/aromatic N) is 2. The lowest BCUT2D eigenvalue weighted by molar-refractivity contribution is 0.490. The Labute approximate surface area is 331 Å². The summed E-state index contributed by atoms with van der Waals surface area (Å²) in [6.45, 7) is 4.71. The zero-order valence-electron chi connectivity index (χ0n) is 31.3. The molecule has 0 spiro atoms. The van der Waals surface area contributed by atoms with E-state index >= 15 is 0 Å². The van der Waals surface area contributed by atoms with Crippen LogP contribution in [0, 0.1) is 0 Å². The molecule has 7 aromatic carbocycles. The van der Waals surface area contributed by atoms with Gasteiger partial charge in [0.2, 0.25) is 0 Å². The van der Waals surface area contributed by atoms with Crippen molar-refractivity contribution in [3.8, 4) is 33.5 Å². The van der Waals surface area contributed by atoms with E-state index < -0.39 is 0 Å². The highest BCUT2D eigenvalue weighted by Crippen LogP contribution is 2.50. The largest absolute Gasteiger partial charge is 0.363 e. The number of rotatable bonds is 5. The number of amidine groups is 1. The second kappa shape index (κ2) is 12.9. The Hall–Kier alpha value is -6.36. The fourth-order valence-corrected chi connectivity index (χ4v) is 10.3. The van der Waals surface area contributed by atoms with E-state index in [0.717, 1.165) is 33.9 Å². The Kier molecular flexibility index (Phi) is 7.58. The minimum Gasteiger partial charge on any atom is -0.363 e. The van der Waals surface area contributed by atoms with Crippen molar-refractivity contribution in [2.45, 2.75) is 37.8 Å². The van der Waals surface area contributed by atoms with Crippen LogP contribution < -0.4 is 5.32 Å². The molecule has 0 saturated carbocycles. The van der Waals surface area contributed by atoms with Gasteiger partial charge in [0.05, 0.1) is 17.8 Å². The van der Waals surface area contributed by atoms with Gasteiger partial charge in [-0.15, -0.1) is 11.3 Å². The van der Waals surface area contributed by atoms with Crippen molar-refractivity contribution in [3.05, 3.63) is 198 Å². The SMILES string of the molecule is CC1(C)c2ccccc2-c2ccc(C3CC(c4ccc(-c5nc6sc7ccccc7c6c6ccccc56)cc4)NC(c4cccc(-c5ccccc5)c4)=N3)cc21. The average Bonchev–Trinajstić information content (AvgIpc) is 3.75. The molecule has 2 atom stereocenters. The van der Waals surface area contributed by atoms with Crippen LogP contribution in [0.3, 0.4) is 0 Å². The third-order valence-corrected chi connectivity index (χ3v) is 13.2. The zero-order valence-corrected chi connectivity index (χ0v) is 32.1. The standard InChI is InChI=1S/C52H39N3S/c1-52(2)43-21-10-8-17-38(43)39-28-27-36(30-44(39)52)46-31-45(53-50(54-46)37-16-12-15-35(29-37)32-13-4-3-5-14-32)33-23-25-34(26-24-33)49-41-19-7-6-18-40(41)48-42-20-9-11-22-47(42)56-51(48)55-49/h3-30,45-46H,31H2,1-2H3,(H,53,54). The van der Waals surface area contributed by atoms with E-state index in [1.165, 1.54) is 70.8 Å². The molecule has 0 saturated heterocycles. The van der Waals surface area contributed by atoms with Crippen LogP contribution in [0.1, 0.15) is 60.2 Å². The molecule has 2 aromatic heterocycles. The van der Waals surface area contributed by atoms with E-state index in [9.17, 15) is 0 Å². The first-order chi connectivity index (χ1) is 27.5. The molecule has 1 aliphatic carbocycles. The maximum absolute atomic E-state index is 5.50. The minimum atomic E-state index is -0.0717. The summed E-state index contributed by atoms with van der Waals surface area (Å²) in [6, 6.07) is 61.9. The maximum Gasteiger partial charge on any atom is 0.129 e. The van der Waals surface area contributed by atoms with Gasteiger partial charge in [-0.1, -0.05) is 172 Å². The second-order valence-electron chi connectivity index (χ2n) is 15.8. The lowest BCUT2D eigenvalue weighted by Gasteiger charge is -2.31. The average molecular weight is 738 g/mol. The number of benzene rings is 7. The summed E-state index contributed by atoms with van der Waals surface area (Å²) in [4.78, 5) is 11.9. The van der Waals surface area contributed by atoms with Gasteiger partial charge in [-0.25, -0.2) is 4.98 Å². The highest BCUT2D eigenvalue weighted by atomic mass is 32.1. The molecule has 1 N–H and O–H groups in total. The summed E-state index contributed by atoms with van der Waals surface area (Å²) < 4.78 is 1.27. The van der Waals surface area contributed by atoms with E-state index in [0.29, 0.717) is 0 Å². The molecule has 0 bridgehead atoms. The van der Waals surface area contributed by atoms with Crippen LogP contribution in [0.2, 0.25) is 0 Å². The van der Waals surface area contributed by atoms with Crippen molar-refractivity contribution >= 4 is 48.2 Å². The lowest BCUT2D eigenvalue weighted by Crippen LogP contribution is -2.35. The molecule has 3 heterocycles. The highest BCUT2D eigenvalue weighted by molar-refractivity contribution is 7.25. The van der Waals surface area contributed by atoms with E-state index in [1.807, 2.05) is 0 Å². The van der Waals surface area contributed by atoms with Gasteiger partial charge in [-0.2, -0.15) is 0 Å². The van der Waals surface area contributed by atoms with Gasteiger partial charge in [0.25, 0.3) is 0 Å². The number of aliphatic imine (C=N–C) groups is 1. The van der Waals surface area contributed by atoms with Gasteiger partial charge in [0, 0.05) is 37.4 Å². The first-order valence-corrected chi connectivity index (χ1v) is 20.4. The summed E-state index contributed by atoms with van der Waals surface area (Å²) in [5, 5.41) is 8.88. The summed E-state index contributed by atoms with van der Waals surface area (Å²) in [7, 11) is 0. The molecule has 9 aromatic rings. The lowest BCUT2D eigenvalue weighted by atomic mass is 9.81. The number of fused-ring (bicyclic) bond motifs is 8. The van der Waals surface area contributed by atoms with Crippen LogP contribution in [0.4, 0.5) is 0 Å². The van der Waals surface area contributed by atoms with Gasteiger partial charge < -0.3 is 5.32 Å². The van der Waals surface area contributed by atoms with Gasteiger partial charge in [-0.3, -0.25) is 4.99 Å². The van der Waals surface area contributed by atoms with Crippen molar-refractivity contribution in [2.24, 2.45) is 4.99 Å². The maximum atomic E-state index is 5.50. The van der Waals surface area contributed by atoms with Crippen molar-refractivity contribution in [2.75, 3.05) is 0 Å². The summed E-state index contributed by atoms with van der Waals surface area (Å²) in [6.07, 6.45) is 0.850. The Morgan fingerprint density at radius 1 is 0.554 bits per heavy atom. The topological polar surface area (TPSA) is 37.3 Å². The summed E-state index contributed by atoms with van der Waals surface area (Å²) in [5.74, 6) is 0.930. The van der Waals surface area contributed by atoms with Crippen molar-refractivity contribution in [3.63, 3.8) is 0 Å². The van der Waals surface area contributed by atoms with Crippen LogP contribution in [0.5, 0.6) is 0 Å². The zero-order chi connectivity index (χ0) is 37.4. The van der Waals surface area contributed by atoms with E-state index in [-0.39, 0.29) is 17.5 Å². The van der Waals surface area contributed by atoms with Crippen molar-refractivity contribution in [1.82, 2.24) is 10.3 Å². The molecule has 0 radical (unpaired) electrons. The van der Waals surface area contributed by atoms with Crippen LogP contribution in [0.25, 0.3) is 64.6 Å². The molecule has 1 aliphatic heterocycles. The van der Waals surface area contributed by atoms with Gasteiger partial charge in [-0.05, 0) is 68.4 Å². The monoisotopic (exact) mass is 737 g/mol. The van der Waals surface area contributed by atoms with Crippen LogP contribution >= 0.6 is 11.3 Å². The molecule has 0 fully saturated rings. The molecule has 11 rings (SSSR count). The first-order valence-electron chi connectivity index (χ1n) is 19.5. The molecule has 2 aliphatic rings. The number of thiophene rings is 1. The van der Waals surface area contributed by atoms with E-state index in [2.05, 4.69) is 189 Å². The predicted octanol–water partition coefficient (Wildman–Crippen LogP) is 13.5. The fourth-order valence-electron chi connectivity index (χ4n) is 9.22. The Morgan fingerprint density at radius 3 is 2.09 bits per heavy atom. The molecule has 4 heteroatoms. The van der Waals surface area contributed by atoms with Crippen LogP contribution in [0.15, 0.2) is 175 Å². The van der Waals surface area contributed by atoms with Gasteiger partial charge >= 0.3 is 0 Å². The molecule has 0 amide bonds. The normalized spacial score (nSPS) is 17.1. The predicted molar refractivity (Wildman–Crippen MR) is 236 cm³/mol. The molecule has 268 valence electrons. The fraction of sp³-hybridized carbons (Fsp3) is 0.115. The third-order valence-electron chi connectivity index (χ3n) is 12.1. The first kappa shape index (κ1) is 33.0. The summed E-state index contributed by atoms with van der Waals surface area (Å²) in [5.41, 5.74) is 13.5. The number of nitrogens with one attached hydrogen (secondary N) is 1. The minimum absolute atomic E-state index is 0.0119. The molecule has 2 unspecified atom stereocenters. The van der Waals surface area contributed by atoms with Crippen molar-refractivity contribution in [1.29, 1.82) is 0 Å².